The molecule has 5 nitrogen and oxygen atoms in total. The van der Waals surface area contributed by atoms with E-state index in [2.05, 4.69) is 15.3 Å². The average Bonchev–Trinajstić information content (AvgIpc) is 2.20. The summed E-state index contributed by atoms with van der Waals surface area (Å²) in [5.41, 5.74) is 6.25. The van der Waals surface area contributed by atoms with E-state index < -0.39 is 12.5 Å². The molecule has 1 aromatic rings. The average molecular weight is 253 g/mol. The van der Waals surface area contributed by atoms with Crippen molar-refractivity contribution in [2.45, 2.75) is 19.5 Å². The van der Waals surface area contributed by atoms with Crippen LogP contribution in [0.1, 0.15) is 5.69 Å². The number of aliphatic hydroxyl groups is 1. The molecule has 1 heterocycles. The van der Waals surface area contributed by atoms with Gasteiger partial charge in [-0.2, -0.15) is 4.98 Å². The lowest BCUT2D eigenvalue weighted by Gasteiger charge is -2.13. The van der Waals surface area contributed by atoms with Crippen molar-refractivity contribution in [2.75, 3.05) is 17.6 Å². The topological polar surface area (TPSA) is 84.1 Å². The SMILES string of the molecule is Cc1nc(Cl)nc(NCC(O)C(F)F)c1N. The molecule has 0 aliphatic heterocycles. The summed E-state index contributed by atoms with van der Waals surface area (Å²) >= 11 is 5.57. The normalized spacial score (nSPS) is 12.9. The zero-order chi connectivity index (χ0) is 12.3. The van der Waals surface area contributed by atoms with E-state index in [9.17, 15) is 8.78 Å². The van der Waals surface area contributed by atoms with Crippen molar-refractivity contribution in [2.24, 2.45) is 0 Å². The predicted molar refractivity (Wildman–Crippen MR) is 56.7 cm³/mol. The van der Waals surface area contributed by atoms with Crippen molar-refractivity contribution in [1.82, 2.24) is 9.97 Å². The minimum atomic E-state index is -2.83. The summed E-state index contributed by atoms with van der Waals surface area (Å²) in [6.45, 7) is 1.24. The van der Waals surface area contributed by atoms with E-state index in [4.69, 9.17) is 22.4 Å². The van der Waals surface area contributed by atoms with E-state index in [1.54, 1.807) is 6.92 Å². The molecular weight excluding hydrogens is 242 g/mol. The van der Waals surface area contributed by atoms with Crippen LogP contribution in [0.5, 0.6) is 0 Å². The van der Waals surface area contributed by atoms with Crippen LogP contribution in [0.25, 0.3) is 0 Å². The highest BCUT2D eigenvalue weighted by Gasteiger charge is 2.17. The molecule has 0 aromatic carbocycles. The Bertz CT molecular complexity index is 377. The minimum Gasteiger partial charge on any atom is -0.394 e. The van der Waals surface area contributed by atoms with Crippen LogP contribution in [0.15, 0.2) is 0 Å². The van der Waals surface area contributed by atoms with Crippen molar-refractivity contribution in [3.63, 3.8) is 0 Å². The highest BCUT2D eigenvalue weighted by molar-refractivity contribution is 6.28. The van der Waals surface area contributed by atoms with Gasteiger partial charge in [-0.25, -0.2) is 13.8 Å². The number of nitrogens with two attached hydrogens (primary N) is 1. The lowest BCUT2D eigenvalue weighted by Crippen LogP contribution is -2.27. The summed E-state index contributed by atoms with van der Waals surface area (Å²) in [7, 11) is 0. The fraction of sp³-hybridized carbons (Fsp3) is 0.500. The van der Waals surface area contributed by atoms with Gasteiger partial charge in [-0.05, 0) is 18.5 Å². The third kappa shape index (κ3) is 3.14. The maximum atomic E-state index is 12.0. The van der Waals surface area contributed by atoms with Gasteiger partial charge >= 0.3 is 0 Å². The third-order valence-corrected chi connectivity index (χ3v) is 2.05. The van der Waals surface area contributed by atoms with Gasteiger partial charge in [-0.15, -0.1) is 0 Å². The molecule has 0 radical (unpaired) electrons. The second kappa shape index (κ2) is 5.22. The summed E-state index contributed by atoms with van der Waals surface area (Å²) in [4.78, 5) is 7.50. The zero-order valence-corrected chi connectivity index (χ0v) is 9.17. The van der Waals surface area contributed by atoms with Gasteiger partial charge in [-0.1, -0.05) is 0 Å². The number of aryl methyl sites for hydroxylation is 1. The van der Waals surface area contributed by atoms with Crippen LogP contribution in [0.2, 0.25) is 5.28 Å². The summed E-state index contributed by atoms with van der Waals surface area (Å²) in [6, 6.07) is 0. The van der Waals surface area contributed by atoms with Crippen LogP contribution < -0.4 is 11.1 Å². The Hall–Kier alpha value is -1.21. The molecule has 0 saturated carbocycles. The molecule has 0 amide bonds. The Morgan fingerprint density at radius 1 is 1.50 bits per heavy atom. The lowest BCUT2D eigenvalue weighted by atomic mass is 10.3. The van der Waals surface area contributed by atoms with Gasteiger partial charge < -0.3 is 16.2 Å². The molecule has 1 aromatic heterocycles. The molecule has 0 aliphatic rings. The monoisotopic (exact) mass is 252 g/mol. The predicted octanol–water partition coefficient (Wildman–Crippen LogP) is 1.06. The van der Waals surface area contributed by atoms with Crippen LogP contribution in [0.4, 0.5) is 20.3 Å². The largest absolute Gasteiger partial charge is 0.394 e. The summed E-state index contributed by atoms with van der Waals surface area (Å²) in [5.74, 6) is 0.136. The molecule has 0 bridgehead atoms. The molecule has 1 unspecified atom stereocenters. The molecule has 0 spiro atoms. The first-order chi connectivity index (χ1) is 7.41. The molecule has 16 heavy (non-hydrogen) atoms. The molecule has 0 aliphatic carbocycles. The van der Waals surface area contributed by atoms with Crippen molar-refractivity contribution < 1.29 is 13.9 Å². The summed E-state index contributed by atoms with van der Waals surface area (Å²) in [5, 5.41) is 11.3. The zero-order valence-electron chi connectivity index (χ0n) is 8.41. The van der Waals surface area contributed by atoms with Crippen molar-refractivity contribution in [3.8, 4) is 0 Å². The van der Waals surface area contributed by atoms with Crippen LogP contribution in [-0.4, -0.2) is 34.1 Å². The fourth-order valence-corrected chi connectivity index (χ4v) is 1.18. The standard InChI is InChI=1S/C8H11ClF2N4O/c1-3-5(12)7(15-8(9)14-3)13-2-4(16)6(10)11/h4,6,16H,2,12H2,1H3,(H,13,14,15). The van der Waals surface area contributed by atoms with E-state index >= 15 is 0 Å². The molecule has 4 N–H and O–H groups in total. The number of nitrogens with zero attached hydrogens (tertiary/aromatic N) is 2. The number of halogens is 3. The quantitative estimate of drug-likeness (QED) is 0.698. The number of alkyl halides is 2. The maximum Gasteiger partial charge on any atom is 0.265 e. The Balaban J connectivity index is 2.74. The smallest absolute Gasteiger partial charge is 0.265 e. The molecular formula is C8H11ClF2N4O. The van der Waals surface area contributed by atoms with E-state index in [1.165, 1.54) is 0 Å². The first-order valence-electron chi connectivity index (χ1n) is 4.41. The third-order valence-electron chi connectivity index (χ3n) is 1.88. The van der Waals surface area contributed by atoms with E-state index in [0.717, 1.165) is 0 Å². The lowest BCUT2D eigenvalue weighted by molar-refractivity contribution is 0.00381. The summed E-state index contributed by atoms with van der Waals surface area (Å²) in [6.07, 6.45) is -4.61. The van der Waals surface area contributed by atoms with Gasteiger partial charge in [0.05, 0.1) is 11.4 Å². The van der Waals surface area contributed by atoms with E-state index in [0.29, 0.717) is 5.69 Å². The van der Waals surface area contributed by atoms with E-state index in [1.807, 2.05) is 0 Å². The Morgan fingerprint density at radius 3 is 2.69 bits per heavy atom. The molecule has 0 fully saturated rings. The molecule has 1 atom stereocenters. The fourth-order valence-electron chi connectivity index (χ4n) is 0.973. The highest BCUT2D eigenvalue weighted by Crippen LogP contribution is 2.20. The van der Waals surface area contributed by atoms with Gasteiger partial charge in [-0.3, -0.25) is 0 Å². The number of aliphatic hydroxyl groups excluding tert-OH is 1. The number of nitrogen functional groups attached to an aromatic ring is 1. The number of anilines is 2. The van der Waals surface area contributed by atoms with Crippen LogP contribution in [0.3, 0.4) is 0 Å². The second-order valence-electron chi connectivity index (χ2n) is 3.12. The van der Waals surface area contributed by atoms with Crippen LogP contribution >= 0.6 is 11.6 Å². The van der Waals surface area contributed by atoms with Crippen LogP contribution in [0, 0.1) is 6.92 Å². The van der Waals surface area contributed by atoms with Gasteiger partial charge in [0.25, 0.3) is 6.43 Å². The minimum absolute atomic E-state index is 0.0410. The van der Waals surface area contributed by atoms with Crippen LogP contribution in [-0.2, 0) is 0 Å². The number of rotatable bonds is 4. The van der Waals surface area contributed by atoms with Crippen molar-refractivity contribution >= 4 is 23.1 Å². The molecule has 1 rings (SSSR count). The number of hydrogen-bond acceptors (Lipinski definition) is 5. The maximum absolute atomic E-state index is 12.0. The molecule has 90 valence electrons. The number of nitrogens with one attached hydrogen (secondary N) is 1. The van der Waals surface area contributed by atoms with Gasteiger partial charge in [0.15, 0.2) is 5.82 Å². The Morgan fingerprint density at radius 2 is 2.12 bits per heavy atom. The molecule has 8 heteroatoms. The van der Waals surface area contributed by atoms with Crippen molar-refractivity contribution in [3.05, 3.63) is 11.0 Å². The van der Waals surface area contributed by atoms with Crippen molar-refractivity contribution in [1.29, 1.82) is 0 Å². The Labute approximate surface area is 95.6 Å². The number of hydrogen-bond donors (Lipinski definition) is 3. The first-order valence-corrected chi connectivity index (χ1v) is 4.79. The first kappa shape index (κ1) is 12.9. The van der Waals surface area contributed by atoms with Gasteiger partial charge in [0.1, 0.15) is 6.10 Å². The second-order valence-corrected chi connectivity index (χ2v) is 3.46. The summed E-state index contributed by atoms with van der Waals surface area (Å²) < 4.78 is 24.0. The van der Waals surface area contributed by atoms with E-state index in [-0.39, 0.29) is 23.3 Å². The number of aromatic nitrogens is 2. The molecule has 0 saturated heterocycles. The highest BCUT2D eigenvalue weighted by atomic mass is 35.5. The Kier molecular flexibility index (Phi) is 4.19. The van der Waals surface area contributed by atoms with Gasteiger partial charge in [0, 0.05) is 6.54 Å². The van der Waals surface area contributed by atoms with Gasteiger partial charge in [0.2, 0.25) is 5.28 Å².